The van der Waals surface area contributed by atoms with Gasteiger partial charge in [-0.3, -0.25) is 0 Å². The molecule has 2 N–H and O–H groups in total. The first-order valence-electron chi connectivity index (χ1n) is 7.65. The van der Waals surface area contributed by atoms with Crippen molar-refractivity contribution in [1.82, 2.24) is 14.8 Å². The second-order valence-corrected chi connectivity index (χ2v) is 6.03. The molecule has 0 spiro atoms. The average molecular weight is 320 g/mol. The molecule has 1 unspecified atom stereocenters. The van der Waals surface area contributed by atoms with Crippen LogP contribution in [-0.2, 0) is 10.5 Å². The smallest absolute Gasteiger partial charge is 0.352 e. The fourth-order valence-corrected chi connectivity index (χ4v) is 2.98. The van der Waals surface area contributed by atoms with E-state index in [0.29, 0.717) is 11.6 Å². The molecule has 1 atom stereocenters. The first-order valence-corrected chi connectivity index (χ1v) is 7.65. The number of benzene rings is 2. The molecule has 1 aliphatic heterocycles. The molecule has 6 heteroatoms. The Hall–Kier alpha value is -3.15. The van der Waals surface area contributed by atoms with Crippen LogP contribution in [0.3, 0.4) is 0 Å². The van der Waals surface area contributed by atoms with Gasteiger partial charge in [0, 0.05) is 16.8 Å². The van der Waals surface area contributed by atoms with Gasteiger partial charge in [0.2, 0.25) is 5.66 Å². The highest BCUT2D eigenvalue weighted by Crippen LogP contribution is 2.38. The average Bonchev–Trinajstić information content (AvgIpc) is 3.01. The maximum Gasteiger partial charge on any atom is 0.352 e. The molecular weight excluding hydrogens is 304 g/mol. The summed E-state index contributed by atoms with van der Waals surface area (Å²) in [6, 6.07) is 15.3. The van der Waals surface area contributed by atoms with E-state index in [1.807, 2.05) is 55.5 Å². The highest BCUT2D eigenvalue weighted by atomic mass is 16.4. The topological polar surface area (TPSA) is 80.0 Å². The monoisotopic (exact) mass is 320 g/mol. The zero-order valence-electron chi connectivity index (χ0n) is 13.3. The van der Waals surface area contributed by atoms with E-state index in [1.165, 1.54) is 4.68 Å². The number of rotatable bonds is 2. The third kappa shape index (κ3) is 1.93. The van der Waals surface area contributed by atoms with Crippen molar-refractivity contribution in [2.45, 2.75) is 19.5 Å². The van der Waals surface area contributed by atoms with Gasteiger partial charge in [0.15, 0.2) is 11.6 Å². The van der Waals surface area contributed by atoms with Gasteiger partial charge in [-0.05, 0) is 31.5 Å². The van der Waals surface area contributed by atoms with Gasteiger partial charge in [-0.25, -0.2) is 14.5 Å². The zero-order chi connectivity index (χ0) is 16.9. The molecule has 4 rings (SSSR count). The van der Waals surface area contributed by atoms with E-state index in [0.717, 1.165) is 22.4 Å². The number of fused-ring (bicyclic) bond motifs is 3. The summed E-state index contributed by atoms with van der Waals surface area (Å²) < 4.78 is 1.46. The molecule has 0 radical (unpaired) electrons. The van der Waals surface area contributed by atoms with Gasteiger partial charge in [-0.15, -0.1) is 5.10 Å². The minimum atomic E-state index is -1.39. The molecule has 0 saturated heterocycles. The molecule has 6 nitrogen and oxygen atoms in total. The van der Waals surface area contributed by atoms with Crippen LogP contribution in [0.25, 0.3) is 22.8 Å². The first-order chi connectivity index (χ1) is 11.5. The first kappa shape index (κ1) is 14.4. The van der Waals surface area contributed by atoms with Crippen LogP contribution >= 0.6 is 0 Å². The maximum absolute atomic E-state index is 11.9. The number of carboxylic acids is 1. The highest BCUT2D eigenvalue weighted by molar-refractivity contribution is 5.87. The fourth-order valence-electron chi connectivity index (χ4n) is 2.98. The van der Waals surface area contributed by atoms with Crippen LogP contribution in [-0.4, -0.2) is 25.8 Å². The minimum absolute atomic E-state index is 0.522. The summed E-state index contributed by atoms with van der Waals surface area (Å²) in [5.74, 6) is 0.0565. The summed E-state index contributed by atoms with van der Waals surface area (Å²) in [6.07, 6.45) is 0. The Labute approximate surface area is 138 Å². The van der Waals surface area contributed by atoms with Gasteiger partial charge in [0.05, 0.1) is 0 Å². The number of carboxylic acid groups (broad SMARTS) is 1. The van der Waals surface area contributed by atoms with Gasteiger partial charge in [-0.2, -0.15) is 0 Å². The summed E-state index contributed by atoms with van der Waals surface area (Å²) in [4.78, 5) is 16.6. The van der Waals surface area contributed by atoms with Crippen molar-refractivity contribution in [3.63, 3.8) is 0 Å². The van der Waals surface area contributed by atoms with E-state index >= 15 is 0 Å². The van der Waals surface area contributed by atoms with Gasteiger partial charge >= 0.3 is 5.97 Å². The van der Waals surface area contributed by atoms with Gasteiger partial charge in [0.25, 0.3) is 0 Å². The van der Waals surface area contributed by atoms with Crippen molar-refractivity contribution in [3.05, 3.63) is 54.1 Å². The number of aliphatic carboxylic acids is 1. The third-order valence-electron chi connectivity index (χ3n) is 4.38. The van der Waals surface area contributed by atoms with E-state index in [2.05, 4.69) is 15.4 Å². The second-order valence-electron chi connectivity index (χ2n) is 6.03. The molecular formula is C18H16N4O2. The largest absolute Gasteiger partial charge is 0.478 e. The van der Waals surface area contributed by atoms with Crippen LogP contribution in [0.2, 0.25) is 0 Å². The van der Waals surface area contributed by atoms with E-state index in [4.69, 9.17) is 0 Å². The Balaban J connectivity index is 1.99. The van der Waals surface area contributed by atoms with Crippen molar-refractivity contribution in [2.75, 3.05) is 5.32 Å². The van der Waals surface area contributed by atoms with Crippen LogP contribution in [0, 0.1) is 6.92 Å². The number of nitrogens with zero attached hydrogens (tertiary/aromatic N) is 3. The predicted molar refractivity (Wildman–Crippen MR) is 90.5 cm³/mol. The Bertz CT molecular complexity index is 963. The van der Waals surface area contributed by atoms with Crippen LogP contribution in [0.4, 0.5) is 5.69 Å². The molecule has 0 fully saturated rings. The number of para-hydroxylation sites is 1. The van der Waals surface area contributed by atoms with Gasteiger partial charge < -0.3 is 10.4 Å². The number of anilines is 1. The van der Waals surface area contributed by atoms with Crippen molar-refractivity contribution in [3.8, 4) is 22.8 Å². The molecule has 24 heavy (non-hydrogen) atoms. The number of aromatic nitrogens is 3. The number of nitrogens with one attached hydrogen (secondary N) is 1. The van der Waals surface area contributed by atoms with E-state index < -0.39 is 11.6 Å². The lowest BCUT2D eigenvalue weighted by atomic mass is 10.0. The second kappa shape index (κ2) is 4.92. The summed E-state index contributed by atoms with van der Waals surface area (Å²) >= 11 is 0. The lowest BCUT2D eigenvalue weighted by molar-refractivity contribution is -0.145. The lowest BCUT2D eigenvalue weighted by Crippen LogP contribution is -2.49. The summed E-state index contributed by atoms with van der Waals surface area (Å²) in [5.41, 5.74) is 2.11. The minimum Gasteiger partial charge on any atom is -0.478 e. The lowest BCUT2D eigenvalue weighted by Gasteiger charge is -2.33. The number of carbonyl (C=O) groups is 1. The zero-order valence-corrected chi connectivity index (χ0v) is 13.3. The highest BCUT2D eigenvalue weighted by Gasteiger charge is 2.43. The maximum atomic E-state index is 11.9. The van der Waals surface area contributed by atoms with Crippen LogP contribution in [0.15, 0.2) is 48.5 Å². The summed E-state index contributed by atoms with van der Waals surface area (Å²) in [6.45, 7) is 3.57. The SMILES string of the molecule is Cc1ccccc1-c1nc2n(n1)C(C)(C(=O)O)Nc1ccccc1-2. The number of hydrogen-bond donors (Lipinski definition) is 2. The standard InChI is InChI=1S/C18H16N4O2/c1-11-7-3-4-8-12(11)15-19-16-13-9-5-6-10-14(13)20-18(2,17(23)24)22(16)21-15/h3-10,20H,1-2H3,(H,23,24). The normalized spacial score (nSPS) is 18.4. The predicted octanol–water partition coefficient (Wildman–Crippen LogP) is 3.10. The molecule has 3 aromatic rings. The Morgan fingerprint density at radius 1 is 1.12 bits per heavy atom. The van der Waals surface area contributed by atoms with E-state index in [9.17, 15) is 9.90 Å². The van der Waals surface area contributed by atoms with E-state index in [-0.39, 0.29) is 0 Å². The van der Waals surface area contributed by atoms with Gasteiger partial charge in [0.1, 0.15) is 0 Å². The number of aryl methyl sites for hydroxylation is 1. The summed E-state index contributed by atoms with van der Waals surface area (Å²) in [7, 11) is 0. The molecule has 2 aromatic carbocycles. The summed E-state index contributed by atoms with van der Waals surface area (Å²) in [5, 5.41) is 17.3. The molecule has 1 aliphatic rings. The van der Waals surface area contributed by atoms with Gasteiger partial charge in [-0.1, -0.05) is 36.4 Å². The quantitative estimate of drug-likeness (QED) is 0.758. The van der Waals surface area contributed by atoms with Crippen molar-refractivity contribution in [2.24, 2.45) is 0 Å². The molecule has 0 saturated carbocycles. The molecule has 1 aromatic heterocycles. The molecule has 0 aliphatic carbocycles. The number of hydrogen-bond acceptors (Lipinski definition) is 4. The third-order valence-corrected chi connectivity index (χ3v) is 4.38. The van der Waals surface area contributed by atoms with Crippen LogP contribution < -0.4 is 5.32 Å². The Morgan fingerprint density at radius 3 is 2.50 bits per heavy atom. The molecule has 0 bridgehead atoms. The molecule has 2 heterocycles. The van der Waals surface area contributed by atoms with Crippen molar-refractivity contribution < 1.29 is 9.90 Å². The van der Waals surface area contributed by atoms with Crippen LogP contribution in [0.5, 0.6) is 0 Å². The van der Waals surface area contributed by atoms with Crippen molar-refractivity contribution in [1.29, 1.82) is 0 Å². The Kier molecular flexibility index (Phi) is 2.96. The Morgan fingerprint density at radius 2 is 1.79 bits per heavy atom. The van der Waals surface area contributed by atoms with E-state index in [1.54, 1.807) is 6.92 Å². The fraction of sp³-hybridized carbons (Fsp3) is 0.167. The van der Waals surface area contributed by atoms with Crippen molar-refractivity contribution >= 4 is 11.7 Å². The molecule has 120 valence electrons. The van der Waals surface area contributed by atoms with Crippen LogP contribution in [0.1, 0.15) is 12.5 Å². The molecule has 0 amide bonds.